The van der Waals surface area contributed by atoms with Crippen molar-refractivity contribution in [1.82, 2.24) is 30.4 Å². The lowest BCUT2D eigenvalue weighted by Gasteiger charge is -2.35. The first-order valence-corrected chi connectivity index (χ1v) is 12.7. The number of nitrogens with zero attached hydrogens (tertiary/aromatic N) is 5. The van der Waals surface area contributed by atoms with Gasteiger partial charge in [0.25, 0.3) is 11.8 Å². The quantitative estimate of drug-likeness (QED) is 0.296. The first-order valence-electron chi connectivity index (χ1n) is 12.3. The number of hydrogen-bond donors (Lipinski definition) is 3. The van der Waals surface area contributed by atoms with Crippen molar-refractivity contribution in [3.05, 3.63) is 106 Å². The second-order valence-corrected chi connectivity index (χ2v) is 9.44. The van der Waals surface area contributed by atoms with Crippen LogP contribution in [0.2, 0.25) is 5.02 Å². The first kappa shape index (κ1) is 27.2. The van der Waals surface area contributed by atoms with Gasteiger partial charge in [0.1, 0.15) is 12.4 Å². The van der Waals surface area contributed by atoms with Crippen molar-refractivity contribution in [2.75, 3.05) is 11.9 Å². The van der Waals surface area contributed by atoms with E-state index in [0.717, 1.165) is 5.56 Å². The number of fused-ring (bicyclic) bond motifs is 1. The molecule has 0 radical (unpaired) electrons. The lowest BCUT2D eigenvalue weighted by molar-refractivity contribution is -0.135. The zero-order valence-electron chi connectivity index (χ0n) is 21.3. The summed E-state index contributed by atoms with van der Waals surface area (Å²) in [5, 5.41) is 25.0. The van der Waals surface area contributed by atoms with Crippen LogP contribution in [0.4, 0.5) is 10.5 Å². The Hall–Kier alpha value is -5.36. The van der Waals surface area contributed by atoms with Gasteiger partial charge in [-0.1, -0.05) is 35.9 Å². The van der Waals surface area contributed by atoms with Gasteiger partial charge in [-0.05, 0) is 76.5 Å². The summed E-state index contributed by atoms with van der Waals surface area (Å²) in [5.41, 5.74) is 3.35. The van der Waals surface area contributed by atoms with Gasteiger partial charge in [-0.25, -0.2) is 4.79 Å². The summed E-state index contributed by atoms with van der Waals surface area (Å²) >= 11 is 6.20. The molecular formula is C28H22ClN7O5. The normalized spacial score (nSPS) is 14.4. The minimum absolute atomic E-state index is 0.109. The largest absolute Gasteiger partial charge is 0.465 e. The smallest absolute Gasteiger partial charge is 0.411 e. The number of anilines is 1. The Bertz CT molecular complexity index is 1650. The molecule has 4 aromatic rings. The Morgan fingerprint density at radius 1 is 1.02 bits per heavy atom. The van der Waals surface area contributed by atoms with E-state index in [1.807, 2.05) is 24.3 Å². The standard InChI is InChI=1S/C28H22ClN7O5/c29-20-8-11-23(36-16-30-33-34-36)19(15-20)7-12-24(37)35-14-13-17-3-1-2-4-22(17)25(35)27(39)31-21-9-5-18(6-10-21)26(38)32-28(40)41/h1-12,15-16,25H,13-14H2,(H,31,39)(H,32,38)(H,40,41). The maximum absolute atomic E-state index is 13.6. The molecule has 0 saturated carbocycles. The Labute approximate surface area is 238 Å². The first-order chi connectivity index (χ1) is 19.8. The van der Waals surface area contributed by atoms with E-state index >= 15 is 0 Å². The molecule has 1 atom stereocenters. The van der Waals surface area contributed by atoms with Crippen molar-refractivity contribution < 1.29 is 24.3 Å². The van der Waals surface area contributed by atoms with Crippen LogP contribution < -0.4 is 10.6 Å². The summed E-state index contributed by atoms with van der Waals surface area (Å²) < 4.78 is 1.45. The van der Waals surface area contributed by atoms with Crippen LogP contribution in [-0.4, -0.2) is 60.6 Å². The predicted molar refractivity (Wildman–Crippen MR) is 148 cm³/mol. The average molecular weight is 572 g/mol. The Kier molecular flexibility index (Phi) is 7.83. The molecule has 1 aliphatic heterocycles. The maximum Gasteiger partial charge on any atom is 0.411 e. The molecule has 41 heavy (non-hydrogen) atoms. The molecule has 206 valence electrons. The molecule has 1 aromatic heterocycles. The third-order valence-electron chi connectivity index (χ3n) is 6.44. The molecule has 4 amide bonds. The van der Waals surface area contributed by atoms with Crippen molar-refractivity contribution >= 4 is 47.2 Å². The van der Waals surface area contributed by atoms with Crippen LogP contribution in [0.1, 0.15) is 33.1 Å². The van der Waals surface area contributed by atoms with E-state index in [1.54, 1.807) is 29.6 Å². The van der Waals surface area contributed by atoms with E-state index in [1.165, 1.54) is 46.3 Å². The van der Waals surface area contributed by atoms with E-state index in [9.17, 15) is 19.2 Å². The van der Waals surface area contributed by atoms with Crippen molar-refractivity contribution in [1.29, 1.82) is 0 Å². The van der Waals surface area contributed by atoms with E-state index in [4.69, 9.17) is 16.7 Å². The van der Waals surface area contributed by atoms with E-state index in [2.05, 4.69) is 20.8 Å². The molecule has 0 aliphatic carbocycles. The second kappa shape index (κ2) is 11.8. The van der Waals surface area contributed by atoms with Crippen molar-refractivity contribution in [2.45, 2.75) is 12.5 Å². The molecule has 3 N–H and O–H groups in total. The molecule has 0 bridgehead atoms. The summed E-state index contributed by atoms with van der Waals surface area (Å²) in [6.45, 7) is 0.308. The van der Waals surface area contributed by atoms with Crippen LogP contribution in [-0.2, 0) is 16.0 Å². The van der Waals surface area contributed by atoms with Gasteiger partial charge in [-0.15, -0.1) is 5.10 Å². The van der Waals surface area contributed by atoms with E-state index in [0.29, 0.717) is 40.5 Å². The van der Waals surface area contributed by atoms with Gasteiger partial charge >= 0.3 is 6.09 Å². The molecule has 5 rings (SSSR count). The highest BCUT2D eigenvalue weighted by Crippen LogP contribution is 2.31. The number of carbonyl (C=O) groups excluding carboxylic acids is 3. The SMILES string of the molecule is O=C(O)NC(=O)c1ccc(NC(=O)C2c3ccccc3CCN2C(=O)C=Cc2cc(Cl)ccc2-n2cnnn2)cc1. The van der Waals surface area contributed by atoms with Crippen molar-refractivity contribution in [3.63, 3.8) is 0 Å². The lowest BCUT2D eigenvalue weighted by atomic mass is 9.91. The van der Waals surface area contributed by atoms with Crippen LogP contribution in [0.3, 0.4) is 0 Å². The molecule has 12 nitrogen and oxygen atoms in total. The zero-order valence-corrected chi connectivity index (χ0v) is 22.0. The molecule has 13 heteroatoms. The third-order valence-corrected chi connectivity index (χ3v) is 6.68. The number of hydrogen-bond acceptors (Lipinski definition) is 7. The molecule has 1 aliphatic rings. The fourth-order valence-electron chi connectivity index (χ4n) is 4.57. The molecule has 3 aromatic carbocycles. The monoisotopic (exact) mass is 571 g/mol. The number of nitrogens with one attached hydrogen (secondary N) is 2. The van der Waals surface area contributed by atoms with Crippen LogP contribution in [0.25, 0.3) is 11.8 Å². The highest BCUT2D eigenvalue weighted by Gasteiger charge is 2.35. The summed E-state index contributed by atoms with van der Waals surface area (Å²) in [5.74, 6) is -1.62. The van der Waals surface area contributed by atoms with Crippen LogP contribution >= 0.6 is 11.6 Å². The van der Waals surface area contributed by atoms with E-state index < -0.39 is 23.9 Å². The van der Waals surface area contributed by atoms with Crippen LogP contribution in [0, 0.1) is 0 Å². The van der Waals surface area contributed by atoms with Gasteiger partial charge < -0.3 is 15.3 Å². The minimum atomic E-state index is -1.47. The lowest BCUT2D eigenvalue weighted by Crippen LogP contribution is -2.44. The van der Waals surface area contributed by atoms with Gasteiger partial charge in [-0.2, -0.15) is 4.68 Å². The van der Waals surface area contributed by atoms with Gasteiger partial charge in [0, 0.05) is 34.5 Å². The fourth-order valence-corrected chi connectivity index (χ4v) is 4.75. The van der Waals surface area contributed by atoms with Crippen molar-refractivity contribution in [2.24, 2.45) is 0 Å². The number of tetrazole rings is 1. The van der Waals surface area contributed by atoms with Gasteiger partial charge in [0.2, 0.25) is 5.91 Å². The zero-order chi connectivity index (χ0) is 28.9. The minimum Gasteiger partial charge on any atom is -0.465 e. The summed E-state index contributed by atoms with van der Waals surface area (Å²) in [6, 6.07) is 17.3. The highest BCUT2D eigenvalue weighted by molar-refractivity contribution is 6.30. The van der Waals surface area contributed by atoms with Crippen LogP contribution in [0.15, 0.2) is 79.1 Å². The number of benzene rings is 3. The number of carboxylic acid groups (broad SMARTS) is 1. The summed E-state index contributed by atoms with van der Waals surface area (Å²) in [4.78, 5) is 51.3. The molecule has 2 heterocycles. The number of aromatic nitrogens is 4. The number of rotatable bonds is 6. The van der Waals surface area contributed by atoms with Crippen molar-refractivity contribution in [3.8, 4) is 5.69 Å². The topological polar surface area (TPSA) is 159 Å². The van der Waals surface area contributed by atoms with E-state index in [-0.39, 0.29) is 11.5 Å². The molecule has 1 unspecified atom stereocenters. The molecule has 0 spiro atoms. The average Bonchev–Trinajstić information content (AvgIpc) is 3.50. The van der Waals surface area contributed by atoms with Gasteiger partial charge in [0.15, 0.2) is 0 Å². The summed E-state index contributed by atoms with van der Waals surface area (Å²) in [6.07, 6.45) is 3.50. The molecule has 0 fully saturated rings. The van der Waals surface area contributed by atoms with Crippen LogP contribution in [0.5, 0.6) is 0 Å². The highest BCUT2D eigenvalue weighted by atomic mass is 35.5. The number of amides is 4. The summed E-state index contributed by atoms with van der Waals surface area (Å²) in [7, 11) is 0. The van der Waals surface area contributed by atoms with Gasteiger partial charge in [0.05, 0.1) is 5.69 Å². The Morgan fingerprint density at radius 2 is 1.80 bits per heavy atom. The number of halogens is 1. The number of imide groups is 1. The Morgan fingerprint density at radius 3 is 2.54 bits per heavy atom. The molecular weight excluding hydrogens is 550 g/mol. The second-order valence-electron chi connectivity index (χ2n) is 9.00. The number of carbonyl (C=O) groups is 4. The Balaban J connectivity index is 1.40. The maximum atomic E-state index is 13.6. The fraction of sp³-hybridized carbons (Fsp3) is 0.107. The third kappa shape index (κ3) is 6.12. The predicted octanol–water partition coefficient (Wildman–Crippen LogP) is 3.50. The molecule has 0 saturated heterocycles. The van der Waals surface area contributed by atoms with Gasteiger partial charge in [-0.3, -0.25) is 19.7 Å².